The van der Waals surface area contributed by atoms with Gasteiger partial charge in [0.2, 0.25) is 0 Å². The van der Waals surface area contributed by atoms with Crippen LogP contribution < -0.4 is 4.74 Å². The van der Waals surface area contributed by atoms with Gasteiger partial charge in [0.05, 0.1) is 30.9 Å². The highest BCUT2D eigenvalue weighted by molar-refractivity contribution is 9.10. The Morgan fingerprint density at radius 2 is 2.31 bits per heavy atom. The Balaban J connectivity index is 1.69. The highest BCUT2D eigenvalue weighted by atomic mass is 79.9. The molecule has 5 nitrogen and oxygen atoms in total. The number of piperidine rings is 1. The summed E-state index contributed by atoms with van der Waals surface area (Å²) in [6, 6.07) is 5.92. The molecular weight excluding hydrogens is 416 g/mol. The molecule has 1 atom stereocenters. The van der Waals surface area contributed by atoms with Crippen molar-refractivity contribution in [1.82, 2.24) is 9.88 Å². The van der Waals surface area contributed by atoms with Crippen molar-refractivity contribution in [2.24, 2.45) is 5.92 Å². The predicted octanol–water partition coefficient (Wildman–Crippen LogP) is 4.36. The second-order valence-electron chi connectivity index (χ2n) is 6.31. The van der Waals surface area contributed by atoms with E-state index in [1.165, 1.54) is 0 Å². The van der Waals surface area contributed by atoms with Crippen LogP contribution in [0.4, 0.5) is 0 Å². The fraction of sp³-hybridized carbons (Fsp3) is 0.474. The van der Waals surface area contributed by atoms with Crippen LogP contribution in [0.5, 0.6) is 5.75 Å². The summed E-state index contributed by atoms with van der Waals surface area (Å²) in [5, 5.41) is 3.03. The van der Waals surface area contributed by atoms with E-state index >= 15 is 0 Å². The third kappa shape index (κ3) is 4.64. The van der Waals surface area contributed by atoms with E-state index in [1.54, 1.807) is 18.4 Å². The van der Waals surface area contributed by atoms with Crippen LogP contribution in [0.15, 0.2) is 28.1 Å². The van der Waals surface area contributed by atoms with E-state index in [9.17, 15) is 4.79 Å². The Bertz CT molecular complexity index is 765. The number of likely N-dealkylation sites (tertiary alicyclic amines) is 1. The van der Waals surface area contributed by atoms with Crippen molar-refractivity contribution >= 4 is 33.2 Å². The van der Waals surface area contributed by atoms with Crippen molar-refractivity contribution in [3.8, 4) is 16.3 Å². The molecule has 1 fully saturated rings. The van der Waals surface area contributed by atoms with Gasteiger partial charge in [-0.3, -0.25) is 9.69 Å². The summed E-state index contributed by atoms with van der Waals surface area (Å²) in [5.41, 5.74) is 2.01. The molecule has 1 aromatic heterocycles. The molecule has 3 rings (SSSR count). The number of carbonyl (C=O) groups excluding carboxylic acids is 1. The van der Waals surface area contributed by atoms with Gasteiger partial charge in [-0.1, -0.05) is 15.9 Å². The summed E-state index contributed by atoms with van der Waals surface area (Å²) in [6.45, 7) is 4.78. The quantitative estimate of drug-likeness (QED) is 0.627. The summed E-state index contributed by atoms with van der Waals surface area (Å²) in [4.78, 5) is 19.1. The van der Waals surface area contributed by atoms with Crippen LogP contribution in [0.25, 0.3) is 10.6 Å². The van der Waals surface area contributed by atoms with Crippen LogP contribution in [-0.4, -0.2) is 42.7 Å². The average Bonchev–Trinajstić information content (AvgIpc) is 3.10. The molecule has 1 aliphatic heterocycles. The van der Waals surface area contributed by atoms with Crippen LogP contribution in [0.1, 0.15) is 25.5 Å². The van der Waals surface area contributed by atoms with Gasteiger partial charge in [0.15, 0.2) is 0 Å². The van der Waals surface area contributed by atoms with Crippen LogP contribution in [0.3, 0.4) is 0 Å². The first kappa shape index (κ1) is 19.3. The molecule has 26 heavy (non-hydrogen) atoms. The molecule has 0 bridgehead atoms. The minimum absolute atomic E-state index is 0.0213. The van der Waals surface area contributed by atoms with E-state index in [1.807, 2.05) is 25.1 Å². The van der Waals surface area contributed by atoms with Gasteiger partial charge < -0.3 is 9.47 Å². The first-order valence-corrected chi connectivity index (χ1v) is 10.4. The van der Waals surface area contributed by atoms with Gasteiger partial charge in [0.25, 0.3) is 0 Å². The van der Waals surface area contributed by atoms with Crippen molar-refractivity contribution in [1.29, 1.82) is 0 Å². The summed E-state index contributed by atoms with van der Waals surface area (Å²) in [6.07, 6.45) is 1.92. The zero-order valence-corrected chi connectivity index (χ0v) is 17.4. The molecule has 1 aliphatic rings. The van der Waals surface area contributed by atoms with Crippen molar-refractivity contribution in [2.45, 2.75) is 26.3 Å². The van der Waals surface area contributed by atoms with Crippen LogP contribution in [0.2, 0.25) is 0 Å². The van der Waals surface area contributed by atoms with Gasteiger partial charge in [-0.05, 0) is 44.5 Å². The second-order valence-corrected chi connectivity index (χ2v) is 8.09. The Labute approximate surface area is 166 Å². The summed E-state index contributed by atoms with van der Waals surface area (Å²) >= 11 is 5.13. The molecule has 140 valence electrons. The Morgan fingerprint density at radius 1 is 1.46 bits per heavy atom. The topological polar surface area (TPSA) is 51.7 Å². The standard InChI is InChI=1S/C19H23BrN2O3S/c1-3-25-19(23)13-5-4-8-22(10-13)11-15-12-26-18(21-15)16-9-14(20)6-7-17(16)24-2/h6-7,9,12-13H,3-5,8,10-11H2,1-2H3/t13-/m0/s1. The normalized spacial score (nSPS) is 17.9. The minimum atomic E-state index is -0.0740. The van der Waals surface area contributed by atoms with Gasteiger partial charge in [0.1, 0.15) is 10.8 Å². The maximum atomic E-state index is 12.0. The molecule has 2 aromatic rings. The zero-order valence-electron chi connectivity index (χ0n) is 15.0. The van der Waals surface area contributed by atoms with Crippen molar-refractivity contribution in [3.63, 3.8) is 0 Å². The van der Waals surface area contributed by atoms with Gasteiger partial charge in [-0.2, -0.15) is 0 Å². The maximum absolute atomic E-state index is 12.0. The third-order valence-corrected chi connectivity index (χ3v) is 5.87. The van der Waals surface area contributed by atoms with E-state index in [0.29, 0.717) is 6.61 Å². The van der Waals surface area contributed by atoms with E-state index < -0.39 is 0 Å². The van der Waals surface area contributed by atoms with Gasteiger partial charge in [-0.15, -0.1) is 11.3 Å². The molecule has 0 saturated carbocycles. The van der Waals surface area contributed by atoms with E-state index in [-0.39, 0.29) is 11.9 Å². The third-order valence-electron chi connectivity index (χ3n) is 4.45. The van der Waals surface area contributed by atoms with Gasteiger partial charge in [0, 0.05) is 22.9 Å². The summed E-state index contributed by atoms with van der Waals surface area (Å²) in [5.74, 6) is 0.719. The number of carbonyl (C=O) groups is 1. The molecular formula is C19H23BrN2O3S. The lowest BCUT2D eigenvalue weighted by Crippen LogP contribution is -2.39. The van der Waals surface area contributed by atoms with E-state index in [2.05, 4.69) is 26.2 Å². The molecule has 0 radical (unpaired) electrons. The van der Waals surface area contributed by atoms with Crippen LogP contribution >= 0.6 is 27.3 Å². The lowest BCUT2D eigenvalue weighted by molar-refractivity contribution is -0.150. The number of halogens is 1. The lowest BCUT2D eigenvalue weighted by atomic mass is 9.98. The number of nitrogens with zero attached hydrogens (tertiary/aromatic N) is 2. The zero-order chi connectivity index (χ0) is 18.5. The predicted molar refractivity (Wildman–Crippen MR) is 106 cm³/mol. The fourth-order valence-electron chi connectivity index (χ4n) is 3.23. The van der Waals surface area contributed by atoms with Gasteiger partial charge in [-0.25, -0.2) is 4.98 Å². The largest absolute Gasteiger partial charge is 0.496 e. The number of methoxy groups -OCH3 is 1. The number of benzene rings is 1. The maximum Gasteiger partial charge on any atom is 0.310 e. The smallest absolute Gasteiger partial charge is 0.310 e. The molecule has 0 N–H and O–H groups in total. The van der Waals surface area contributed by atoms with Crippen molar-refractivity contribution in [2.75, 3.05) is 26.8 Å². The number of hydrogen-bond donors (Lipinski definition) is 0. The molecule has 2 heterocycles. The number of rotatable bonds is 6. The van der Waals surface area contributed by atoms with E-state index in [4.69, 9.17) is 14.5 Å². The highest BCUT2D eigenvalue weighted by Gasteiger charge is 2.27. The first-order chi connectivity index (χ1) is 12.6. The monoisotopic (exact) mass is 438 g/mol. The number of esters is 1. The summed E-state index contributed by atoms with van der Waals surface area (Å²) < 4.78 is 11.6. The number of thiazole rings is 1. The SMILES string of the molecule is CCOC(=O)[C@H]1CCCN(Cc2csc(-c3cc(Br)ccc3OC)n2)C1. The number of ether oxygens (including phenoxy) is 2. The molecule has 1 aromatic carbocycles. The molecule has 0 spiro atoms. The Kier molecular flexibility index (Phi) is 6.67. The van der Waals surface area contributed by atoms with E-state index in [0.717, 1.165) is 59.0 Å². The molecule has 1 saturated heterocycles. The van der Waals surface area contributed by atoms with Crippen LogP contribution in [0, 0.1) is 5.92 Å². The van der Waals surface area contributed by atoms with Crippen molar-refractivity contribution < 1.29 is 14.3 Å². The summed E-state index contributed by atoms with van der Waals surface area (Å²) in [7, 11) is 1.67. The van der Waals surface area contributed by atoms with Gasteiger partial charge >= 0.3 is 5.97 Å². The number of aromatic nitrogens is 1. The minimum Gasteiger partial charge on any atom is -0.496 e. The first-order valence-electron chi connectivity index (χ1n) is 8.78. The average molecular weight is 439 g/mol. The van der Waals surface area contributed by atoms with Crippen LogP contribution in [-0.2, 0) is 16.1 Å². The molecule has 0 unspecified atom stereocenters. The van der Waals surface area contributed by atoms with Crippen molar-refractivity contribution in [3.05, 3.63) is 33.7 Å². The molecule has 7 heteroatoms. The Hall–Kier alpha value is -1.44. The molecule has 0 amide bonds. The fourth-order valence-corrected chi connectivity index (χ4v) is 4.42. The second kappa shape index (κ2) is 8.97. The lowest BCUT2D eigenvalue weighted by Gasteiger charge is -2.30. The number of hydrogen-bond acceptors (Lipinski definition) is 6. The Morgan fingerprint density at radius 3 is 3.08 bits per heavy atom. The highest BCUT2D eigenvalue weighted by Crippen LogP contribution is 2.34. The molecule has 0 aliphatic carbocycles.